The highest BCUT2D eigenvalue weighted by molar-refractivity contribution is 7.89. The standard InChI is InChI=1S/C16H13Cl3N2O3S/c17-9-1-3-10(4-2-9)20-16(22)12-7-15(14(19)8-13(12)18)25(23,24)21-11-5-6-11/h1-4,7-8,11,21H,5-6H2,(H,20,22). The Hall–Kier alpha value is -1.31. The van der Waals surface area contributed by atoms with Crippen LogP contribution in [0.1, 0.15) is 23.2 Å². The lowest BCUT2D eigenvalue weighted by molar-refractivity contribution is 0.102. The van der Waals surface area contributed by atoms with Crippen LogP contribution in [-0.4, -0.2) is 20.4 Å². The van der Waals surface area contributed by atoms with Crippen LogP contribution in [0.4, 0.5) is 5.69 Å². The van der Waals surface area contributed by atoms with Gasteiger partial charge in [0.1, 0.15) is 4.90 Å². The Labute approximate surface area is 160 Å². The van der Waals surface area contributed by atoms with Gasteiger partial charge in [0.25, 0.3) is 5.91 Å². The van der Waals surface area contributed by atoms with Gasteiger partial charge < -0.3 is 5.32 Å². The summed E-state index contributed by atoms with van der Waals surface area (Å²) in [7, 11) is -3.82. The number of nitrogens with one attached hydrogen (secondary N) is 2. The van der Waals surface area contributed by atoms with Crippen LogP contribution in [0.2, 0.25) is 15.1 Å². The highest BCUT2D eigenvalue weighted by Gasteiger charge is 2.30. The van der Waals surface area contributed by atoms with Gasteiger partial charge in [-0.05, 0) is 49.2 Å². The van der Waals surface area contributed by atoms with Crippen LogP contribution in [0, 0.1) is 0 Å². The van der Waals surface area contributed by atoms with Gasteiger partial charge in [-0.25, -0.2) is 13.1 Å². The molecule has 1 saturated carbocycles. The van der Waals surface area contributed by atoms with Gasteiger partial charge in [0.15, 0.2) is 0 Å². The Morgan fingerprint density at radius 3 is 2.24 bits per heavy atom. The topological polar surface area (TPSA) is 75.3 Å². The predicted molar refractivity (Wildman–Crippen MR) is 99.2 cm³/mol. The van der Waals surface area contributed by atoms with Crippen molar-refractivity contribution in [1.82, 2.24) is 4.72 Å². The third-order valence-electron chi connectivity index (χ3n) is 3.56. The van der Waals surface area contributed by atoms with Crippen LogP contribution in [-0.2, 0) is 10.0 Å². The molecule has 132 valence electrons. The van der Waals surface area contributed by atoms with Crippen LogP contribution < -0.4 is 10.0 Å². The van der Waals surface area contributed by atoms with E-state index in [1.165, 1.54) is 12.1 Å². The summed E-state index contributed by atoms with van der Waals surface area (Å²) in [6, 6.07) is 8.84. The number of benzene rings is 2. The largest absolute Gasteiger partial charge is 0.322 e. The molecule has 25 heavy (non-hydrogen) atoms. The maximum Gasteiger partial charge on any atom is 0.257 e. The number of rotatable bonds is 5. The second-order valence-corrected chi connectivity index (χ2v) is 8.55. The van der Waals surface area contributed by atoms with E-state index in [0.717, 1.165) is 12.8 Å². The lowest BCUT2D eigenvalue weighted by atomic mass is 10.2. The summed E-state index contributed by atoms with van der Waals surface area (Å²) in [4.78, 5) is 12.3. The zero-order valence-corrected chi connectivity index (χ0v) is 15.8. The fourth-order valence-corrected chi connectivity index (χ4v) is 4.41. The van der Waals surface area contributed by atoms with Gasteiger partial charge in [-0.2, -0.15) is 0 Å². The summed E-state index contributed by atoms with van der Waals surface area (Å²) in [6.45, 7) is 0. The molecule has 0 aliphatic heterocycles. The molecule has 0 heterocycles. The molecule has 9 heteroatoms. The smallest absolute Gasteiger partial charge is 0.257 e. The number of hydrogen-bond acceptors (Lipinski definition) is 3. The van der Waals surface area contributed by atoms with Crippen molar-refractivity contribution >= 4 is 56.4 Å². The molecule has 2 aromatic rings. The normalized spacial score (nSPS) is 14.4. The van der Waals surface area contributed by atoms with E-state index in [4.69, 9.17) is 34.8 Å². The molecule has 0 saturated heterocycles. The third kappa shape index (κ3) is 4.46. The van der Waals surface area contributed by atoms with E-state index in [0.29, 0.717) is 10.7 Å². The van der Waals surface area contributed by atoms with E-state index in [1.807, 2.05) is 0 Å². The molecule has 0 bridgehead atoms. The molecule has 1 fully saturated rings. The van der Waals surface area contributed by atoms with Gasteiger partial charge in [-0.3, -0.25) is 4.79 Å². The molecule has 1 aliphatic carbocycles. The average molecular weight is 420 g/mol. The van der Waals surface area contributed by atoms with E-state index in [9.17, 15) is 13.2 Å². The first-order valence-corrected chi connectivity index (χ1v) is 9.96. The second-order valence-electron chi connectivity index (χ2n) is 5.62. The maximum atomic E-state index is 12.5. The number of hydrogen-bond donors (Lipinski definition) is 2. The number of amides is 1. The number of sulfonamides is 1. The highest BCUT2D eigenvalue weighted by Crippen LogP contribution is 2.31. The summed E-state index contributed by atoms with van der Waals surface area (Å²) >= 11 is 17.9. The molecule has 0 unspecified atom stereocenters. The molecule has 0 radical (unpaired) electrons. The van der Waals surface area contributed by atoms with E-state index in [-0.39, 0.29) is 26.5 Å². The summed E-state index contributed by atoms with van der Waals surface area (Å²) in [5, 5.41) is 3.18. The van der Waals surface area contributed by atoms with Gasteiger partial charge in [0, 0.05) is 16.8 Å². The van der Waals surface area contributed by atoms with E-state index >= 15 is 0 Å². The minimum Gasteiger partial charge on any atom is -0.322 e. The van der Waals surface area contributed by atoms with Crippen molar-refractivity contribution in [3.8, 4) is 0 Å². The molecular formula is C16H13Cl3N2O3S. The molecule has 2 N–H and O–H groups in total. The Kier molecular flexibility index (Phi) is 5.27. The zero-order chi connectivity index (χ0) is 18.2. The van der Waals surface area contributed by atoms with E-state index in [1.54, 1.807) is 24.3 Å². The van der Waals surface area contributed by atoms with Crippen LogP contribution >= 0.6 is 34.8 Å². The molecule has 0 aromatic heterocycles. The monoisotopic (exact) mass is 418 g/mol. The van der Waals surface area contributed by atoms with Gasteiger partial charge >= 0.3 is 0 Å². The van der Waals surface area contributed by atoms with Gasteiger partial charge in [0.05, 0.1) is 15.6 Å². The first-order chi connectivity index (χ1) is 11.8. The van der Waals surface area contributed by atoms with E-state index in [2.05, 4.69) is 10.0 Å². The fraction of sp³-hybridized carbons (Fsp3) is 0.188. The first-order valence-electron chi connectivity index (χ1n) is 7.34. The van der Waals surface area contributed by atoms with E-state index < -0.39 is 15.9 Å². The molecular weight excluding hydrogens is 407 g/mol. The van der Waals surface area contributed by atoms with Crippen LogP contribution in [0.3, 0.4) is 0 Å². The molecule has 5 nitrogen and oxygen atoms in total. The van der Waals surface area contributed by atoms with Crippen molar-refractivity contribution < 1.29 is 13.2 Å². The van der Waals surface area contributed by atoms with Crippen molar-refractivity contribution in [3.05, 3.63) is 57.0 Å². The Bertz CT molecular complexity index is 926. The van der Waals surface area contributed by atoms with Crippen molar-refractivity contribution in [1.29, 1.82) is 0 Å². The zero-order valence-electron chi connectivity index (χ0n) is 12.7. The quantitative estimate of drug-likeness (QED) is 0.757. The minimum absolute atomic E-state index is 0.0113. The summed E-state index contributed by atoms with van der Waals surface area (Å²) < 4.78 is 27.3. The SMILES string of the molecule is O=C(Nc1ccc(Cl)cc1)c1cc(S(=O)(=O)NC2CC2)c(Cl)cc1Cl. The third-order valence-corrected chi connectivity index (χ3v) is 6.11. The molecule has 2 aromatic carbocycles. The maximum absolute atomic E-state index is 12.5. The van der Waals surface area contributed by atoms with Crippen molar-refractivity contribution in [3.63, 3.8) is 0 Å². The fourth-order valence-electron chi connectivity index (χ4n) is 2.12. The summed E-state index contributed by atoms with van der Waals surface area (Å²) in [6.07, 6.45) is 1.57. The van der Waals surface area contributed by atoms with Gasteiger partial charge in [0.2, 0.25) is 10.0 Å². The Morgan fingerprint density at radius 1 is 1.00 bits per heavy atom. The number of carbonyl (C=O) groups excluding carboxylic acids is 1. The van der Waals surface area contributed by atoms with Gasteiger partial charge in [-0.1, -0.05) is 34.8 Å². The second kappa shape index (κ2) is 7.13. The highest BCUT2D eigenvalue weighted by atomic mass is 35.5. The lowest BCUT2D eigenvalue weighted by Gasteiger charge is -2.12. The van der Waals surface area contributed by atoms with Crippen LogP contribution in [0.5, 0.6) is 0 Å². The number of anilines is 1. The van der Waals surface area contributed by atoms with Crippen molar-refractivity contribution in [2.45, 2.75) is 23.8 Å². The van der Waals surface area contributed by atoms with Gasteiger partial charge in [-0.15, -0.1) is 0 Å². The van der Waals surface area contributed by atoms with Crippen LogP contribution in [0.25, 0.3) is 0 Å². The van der Waals surface area contributed by atoms with Crippen molar-refractivity contribution in [2.24, 2.45) is 0 Å². The molecule has 3 rings (SSSR count). The molecule has 0 spiro atoms. The summed E-state index contributed by atoms with van der Waals surface area (Å²) in [5.74, 6) is -0.549. The predicted octanol–water partition coefficient (Wildman–Crippen LogP) is 4.34. The lowest BCUT2D eigenvalue weighted by Crippen LogP contribution is -2.26. The number of halogens is 3. The first kappa shape index (κ1) is 18.5. The Balaban J connectivity index is 1.91. The molecule has 1 amide bonds. The average Bonchev–Trinajstić information content (AvgIpc) is 3.32. The Morgan fingerprint density at radius 2 is 1.64 bits per heavy atom. The summed E-state index contributed by atoms with van der Waals surface area (Å²) in [5.41, 5.74) is 0.512. The molecule has 0 atom stereocenters. The number of carbonyl (C=O) groups is 1. The van der Waals surface area contributed by atoms with Crippen molar-refractivity contribution in [2.75, 3.05) is 5.32 Å². The van der Waals surface area contributed by atoms with Crippen LogP contribution in [0.15, 0.2) is 41.3 Å². The minimum atomic E-state index is -3.82. The molecule has 1 aliphatic rings.